The van der Waals surface area contributed by atoms with E-state index in [0.717, 1.165) is 24.1 Å². The lowest BCUT2D eigenvalue weighted by molar-refractivity contribution is 0.0947. The zero-order valence-electron chi connectivity index (χ0n) is 10.9. The second-order valence-corrected chi connectivity index (χ2v) is 4.38. The van der Waals surface area contributed by atoms with Crippen molar-refractivity contribution < 1.29 is 4.79 Å². The highest BCUT2D eigenvalue weighted by atomic mass is 16.1. The van der Waals surface area contributed by atoms with Gasteiger partial charge in [-0.15, -0.1) is 0 Å². The normalized spacial score (nSPS) is 10.4. The molecule has 0 saturated carbocycles. The second-order valence-electron chi connectivity index (χ2n) is 4.38. The van der Waals surface area contributed by atoms with E-state index < -0.39 is 0 Å². The molecular weight excluding hydrogens is 240 g/mol. The molecule has 0 spiro atoms. The summed E-state index contributed by atoms with van der Waals surface area (Å²) in [6.07, 6.45) is 1.75. The number of aromatic nitrogens is 2. The van der Waals surface area contributed by atoms with E-state index in [1.54, 1.807) is 0 Å². The summed E-state index contributed by atoms with van der Waals surface area (Å²) < 4.78 is 0. The van der Waals surface area contributed by atoms with E-state index in [1.165, 1.54) is 0 Å². The Morgan fingerprint density at radius 1 is 1.37 bits per heavy atom. The number of hydrogen-bond donors (Lipinski definition) is 3. The lowest BCUT2D eigenvalue weighted by Gasteiger charge is -2.04. The lowest BCUT2D eigenvalue weighted by atomic mass is 10.2. The van der Waals surface area contributed by atoms with Crippen LogP contribution in [0, 0.1) is 0 Å². The number of hydrogen-bond acceptors (Lipinski definition) is 3. The van der Waals surface area contributed by atoms with Gasteiger partial charge in [-0.1, -0.05) is 43.7 Å². The van der Waals surface area contributed by atoms with Gasteiger partial charge >= 0.3 is 0 Å². The summed E-state index contributed by atoms with van der Waals surface area (Å²) >= 11 is 0. The van der Waals surface area contributed by atoms with Crippen LogP contribution in [0.25, 0.3) is 0 Å². The number of amides is 1. The first-order valence-electron chi connectivity index (χ1n) is 6.37. The maximum Gasteiger partial charge on any atom is 0.274 e. The molecule has 1 amide bonds. The molecule has 0 saturated heterocycles. The predicted octanol–water partition coefficient (Wildman–Crippen LogP) is 1.87. The van der Waals surface area contributed by atoms with Gasteiger partial charge in [0, 0.05) is 6.54 Å². The summed E-state index contributed by atoms with van der Waals surface area (Å²) in [7, 11) is 0. The van der Waals surface area contributed by atoms with Crippen LogP contribution in [0.5, 0.6) is 0 Å². The Labute approximate surface area is 112 Å². The van der Waals surface area contributed by atoms with Crippen LogP contribution in [0.15, 0.2) is 30.3 Å². The molecule has 1 aromatic carbocycles. The number of nitrogens with two attached hydrogens (primary N) is 1. The standard InChI is InChI=1S/C14H18N4O/c1-2-6-11-12(15)13(18-17-11)14(19)16-9-10-7-4-3-5-8-10/h3-5,7-8H,2,6,9,15H2,1H3,(H,16,19)(H,17,18). The summed E-state index contributed by atoms with van der Waals surface area (Å²) in [6.45, 7) is 2.52. The molecule has 5 heteroatoms. The average molecular weight is 258 g/mol. The van der Waals surface area contributed by atoms with Crippen LogP contribution in [-0.4, -0.2) is 16.1 Å². The van der Waals surface area contributed by atoms with Crippen molar-refractivity contribution in [2.75, 3.05) is 5.73 Å². The Kier molecular flexibility index (Phi) is 4.18. The molecule has 0 fully saturated rings. The molecule has 2 aromatic rings. The summed E-state index contributed by atoms with van der Waals surface area (Å²) in [5, 5.41) is 9.61. The smallest absolute Gasteiger partial charge is 0.274 e. The quantitative estimate of drug-likeness (QED) is 0.765. The fourth-order valence-corrected chi connectivity index (χ4v) is 1.86. The predicted molar refractivity (Wildman–Crippen MR) is 74.6 cm³/mol. The highest BCUT2D eigenvalue weighted by molar-refractivity contribution is 5.97. The first kappa shape index (κ1) is 13.1. The van der Waals surface area contributed by atoms with Gasteiger partial charge in [-0.3, -0.25) is 9.89 Å². The van der Waals surface area contributed by atoms with E-state index in [-0.39, 0.29) is 11.6 Å². The van der Waals surface area contributed by atoms with E-state index in [4.69, 9.17) is 5.73 Å². The van der Waals surface area contributed by atoms with Crippen LogP contribution in [0.2, 0.25) is 0 Å². The number of benzene rings is 1. The molecule has 19 heavy (non-hydrogen) atoms. The van der Waals surface area contributed by atoms with Crippen LogP contribution >= 0.6 is 0 Å². The summed E-state index contributed by atoms with van der Waals surface area (Å²) in [5.74, 6) is -0.250. The van der Waals surface area contributed by atoms with Gasteiger partial charge < -0.3 is 11.1 Å². The third-order valence-electron chi connectivity index (χ3n) is 2.89. The van der Waals surface area contributed by atoms with Gasteiger partial charge in [0.2, 0.25) is 0 Å². The maximum absolute atomic E-state index is 12.0. The molecule has 1 aromatic heterocycles. The van der Waals surface area contributed by atoms with Gasteiger partial charge in [0.25, 0.3) is 5.91 Å². The van der Waals surface area contributed by atoms with Crippen molar-refractivity contribution >= 4 is 11.6 Å². The highest BCUT2D eigenvalue weighted by Crippen LogP contribution is 2.15. The van der Waals surface area contributed by atoms with Crippen molar-refractivity contribution in [3.8, 4) is 0 Å². The highest BCUT2D eigenvalue weighted by Gasteiger charge is 2.16. The van der Waals surface area contributed by atoms with Crippen molar-refractivity contribution in [2.24, 2.45) is 0 Å². The monoisotopic (exact) mass is 258 g/mol. The minimum Gasteiger partial charge on any atom is -0.395 e. The average Bonchev–Trinajstić information content (AvgIpc) is 2.79. The first-order valence-corrected chi connectivity index (χ1v) is 6.37. The molecule has 2 rings (SSSR count). The van der Waals surface area contributed by atoms with Gasteiger partial charge in [0.15, 0.2) is 5.69 Å². The maximum atomic E-state index is 12.0. The minimum atomic E-state index is -0.250. The van der Waals surface area contributed by atoms with Crippen molar-refractivity contribution in [2.45, 2.75) is 26.3 Å². The summed E-state index contributed by atoms with van der Waals surface area (Å²) in [6, 6.07) is 9.72. The molecule has 0 aliphatic rings. The number of carbonyl (C=O) groups excluding carboxylic acids is 1. The fourth-order valence-electron chi connectivity index (χ4n) is 1.86. The molecule has 0 aliphatic heterocycles. The Morgan fingerprint density at radius 2 is 2.11 bits per heavy atom. The summed E-state index contributed by atoms with van der Waals surface area (Å²) in [4.78, 5) is 12.0. The van der Waals surface area contributed by atoms with Gasteiger partial charge in [-0.2, -0.15) is 5.10 Å². The molecule has 0 radical (unpaired) electrons. The Morgan fingerprint density at radius 3 is 2.79 bits per heavy atom. The molecule has 0 atom stereocenters. The number of rotatable bonds is 5. The molecule has 0 bridgehead atoms. The van der Waals surface area contributed by atoms with Crippen LogP contribution in [0.3, 0.4) is 0 Å². The molecule has 0 aliphatic carbocycles. The van der Waals surface area contributed by atoms with Crippen molar-refractivity contribution in [1.82, 2.24) is 15.5 Å². The molecular formula is C14H18N4O. The third-order valence-corrected chi connectivity index (χ3v) is 2.89. The zero-order chi connectivity index (χ0) is 13.7. The van der Waals surface area contributed by atoms with Crippen LogP contribution < -0.4 is 11.1 Å². The molecule has 0 unspecified atom stereocenters. The van der Waals surface area contributed by atoms with E-state index in [0.29, 0.717) is 12.2 Å². The number of aromatic amines is 1. The topological polar surface area (TPSA) is 83.8 Å². The SMILES string of the molecule is CCCc1[nH]nc(C(=O)NCc2ccccc2)c1N. The summed E-state index contributed by atoms with van der Waals surface area (Å²) in [5.41, 5.74) is 8.50. The Bertz CT molecular complexity index is 548. The van der Waals surface area contributed by atoms with E-state index in [1.807, 2.05) is 30.3 Å². The van der Waals surface area contributed by atoms with Gasteiger partial charge in [-0.05, 0) is 12.0 Å². The van der Waals surface area contributed by atoms with E-state index in [2.05, 4.69) is 22.4 Å². The van der Waals surface area contributed by atoms with Crippen LogP contribution in [0.1, 0.15) is 35.1 Å². The van der Waals surface area contributed by atoms with Gasteiger partial charge in [0.1, 0.15) is 0 Å². The number of nitrogens with one attached hydrogen (secondary N) is 2. The molecule has 1 heterocycles. The van der Waals surface area contributed by atoms with Crippen LogP contribution in [0.4, 0.5) is 5.69 Å². The number of aryl methyl sites for hydroxylation is 1. The zero-order valence-corrected chi connectivity index (χ0v) is 10.9. The Hall–Kier alpha value is -2.30. The largest absolute Gasteiger partial charge is 0.395 e. The number of carbonyl (C=O) groups is 1. The second kappa shape index (κ2) is 6.04. The number of H-pyrrole nitrogens is 1. The van der Waals surface area contributed by atoms with Gasteiger partial charge in [-0.25, -0.2) is 0 Å². The van der Waals surface area contributed by atoms with E-state index in [9.17, 15) is 4.79 Å². The molecule has 4 N–H and O–H groups in total. The third kappa shape index (κ3) is 3.13. The Balaban J connectivity index is 2.00. The van der Waals surface area contributed by atoms with Crippen LogP contribution in [-0.2, 0) is 13.0 Å². The molecule has 100 valence electrons. The molecule has 5 nitrogen and oxygen atoms in total. The first-order chi connectivity index (χ1) is 9.22. The van der Waals surface area contributed by atoms with E-state index >= 15 is 0 Å². The fraction of sp³-hybridized carbons (Fsp3) is 0.286. The number of nitrogen functional groups attached to an aromatic ring is 1. The van der Waals surface area contributed by atoms with Crippen molar-refractivity contribution in [3.05, 3.63) is 47.3 Å². The van der Waals surface area contributed by atoms with Crippen molar-refractivity contribution in [3.63, 3.8) is 0 Å². The van der Waals surface area contributed by atoms with Gasteiger partial charge in [0.05, 0.1) is 11.4 Å². The number of nitrogens with zero attached hydrogens (tertiary/aromatic N) is 1. The number of anilines is 1. The minimum absolute atomic E-state index is 0.250. The lowest BCUT2D eigenvalue weighted by Crippen LogP contribution is -2.24. The van der Waals surface area contributed by atoms with Crippen molar-refractivity contribution in [1.29, 1.82) is 0 Å².